The first-order valence-corrected chi connectivity index (χ1v) is 10.7. The lowest BCUT2D eigenvalue weighted by atomic mass is 10.1. The highest BCUT2D eigenvalue weighted by atomic mass is 32.2. The third-order valence-electron chi connectivity index (χ3n) is 4.30. The van der Waals surface area contributed by atoms with Crippen molar-refractivity contribution in [2.75, 3.05) is 19.5 Å². The Hall–Kier alpha value is -2.86. The molecule has 28 heavy (non-hydrogen) atoms. The molecule has 0 unspecified atom stereocenters. The first-order chi connectivity index (χ1) is 13.6. The number of hydrogen-bond donors (Lipinski definition) is 0. The lowest BCUT2D eigenvalue weighted by Crippen LogP contribution is -2.10. The van der Waals surface area contributed by atoms with Crippen LogP contribution < -0.4 is 9.47 Å². The Bertz CT molecular complexity index is 969. The zero-order chi connectivity index (χ0) is 19.8. The number of hydrogen-bond acceptors (Lipinski definition) is 5. The second kappa shape index (κ2) is 9.37. The Morgan fingerprint density at radius 3 is 2.25 bits per heavy atom. The molecule has 2 aromatic carbocycles. The van der Waals surface area contributed by atoms with Crippen LogP contribution in [0.4, 0.5) is 0 Å². The van der Waals surface area contributed by atoms with Gasteiger partial charge in [-0.2, -0.15) is 0 Å². The predicted molar refractivity (Wildman–Crippen MR) is 109 cm³/mol. The molecule has 3 aromatic rings. The van der Waals surface area contributed by atoms with E-state index < -0.39 is 9.84 Å². The molecular formula is C22H23NO4S. The van der Waals surface area contributed by atoms with Crippen molar-refractivity contribution in [3.05, 3.63) is 84.2 Å². The summed E-state index contributed by atoms with van der Waals surface area (Å²) >= 11 is 0. The molecule has 6 heteroatoms. The molecule has 0 saturated heterocycles. The summed E-state index contributed by atoms with van der Waals surface area (Å²) in [5.41, 5.74) is 2.32. The third-order valence-corrected chi connectivity index (χ3v) is 6.12. The molecule has 0 aliphatic rings. The van der Waals surface area contributed by atoms with Gasteiger partial charge in [0.2, 0.25) is 0 Å². The number of rotatable bonds is 9. The molecule has 0 aliphatic heterocycles. The molecule has 0 spiro atoms. The van der Waals surface area contributed by atoms with E-state index >= 15 is 0 Å². The summed E-state index contributed by atoms with van der Waals surface area (Å²) in [7, 11) is -1.77. The number of methoxy groups -OCH3 is 1. The molecule has 3 rings (SSSR count). The summed E-state index contributed by atoms with van der Waals surface area (Å²) in [6.45, 7) is 0.345. The molecule has 1 heterocycles. The number of aromatic nitrogens is 1. The zero-order valence-electron chi connectivity index (χ0n) is 15.7. The van der Waals surface area contributed by atoms with E-state index in [1.807, 2.05) is 42.6 Å². The Balaban J connectivity index is 1.46. The third kappa shape index (κ3) is 5.57. The van der Waals surface area contributed by atoms with Crippen molar-refractivity contribution in [1.82, 2.24) is 4.98 Å². The Morgan fingerprint density at radius 2 is 1.61 bits per heavy atom. The van der Waals surface area contributed by atoms with Crippen molar-refractivity contribution < 1.29 is 17.9 Å². The van der Waals surface area contributed by atoms with Crippen LogP contribution in [0.2, 0.25) is 0 Å². The van der Waals surface area contributed by atoms with Crippen LogP contribution in [0.1, 0.15) is 17.5 Å². The van der Waals surface area contributed by atoms with Crippen LogP contribution in [-0.2, 0) is 16.3 Å². The summed E-state index contributed by atoms with van der Waals surface area (Å²) in [5, 5.41) is 0. The topological polar surface area (TPSA) is 65.5 Å². The van der Waals surface area contributed by atoms with Crippen LogP contribution in [0.25, 0.3) is 0 Å². The van der Waals surface area contributed by atoms with E-state index in [-0.39, 0.29) is 5.75 Å². The van der Waals surface area contributed by atoms with Crippen LogP contribution in [0, 0.1) is 0 Å². The monoisotopic (exact) mass is 397 g/mol. The molecule has 146 valence electrons. The number of benzene rings is 2. The molecule has 0 radical (unpaired) electrons. The molecular weight excluding hydrogens is 374 g/mol. The van der Waals surface area contributed by atoms with Crippen LogP contribution in [0.3, 0.4) is 0 Å². The van der Waals surface area contributed by atoms with Gasteiger partial charge in [0.05, 0.1) is 24.4 Å². The van der Waals surface area contributed by atoms with E-state index in [2.05, 4.69) is 4.98 Å². The van der Waals surface area contributed by atoms with Crippen LogP contribution in [-0.4, -0.2) is 32.9 Å². The number of nitrogens with zero attached hydrogens (tertiary/aromatic N) is 1. The van der Waals surface area contributed by atoms with Crippen molar-refractivity contribution in [1.29, 1.82) is 0 Å². The van der Waals surface area contributed by atoms with E-state index in [4.69, 9.17) is 9.47 Å². The SMILES string of the molecule is COc1ccc(S(=O)(=O)CCCOc2ccc(Cc3cccnc3)cc2)cc1. The van der Waals surface area contributed by atoms with E-state index in [9.17, 15) is 8.42 Å². The van der Waals surface area contributed by atoms with Gasteiger partial charge in [-0.15, -0.1) is 0 Å². The standard InChI is InChI=1S/C22H23NO4S/c1-26-20-9-11-22(12-10-20)28(24,25)15-3-14-27-21-7-5-18(6-8-21)16-19-4-2-13-23-17-19/h2,4-13,17H,3,14-16H2,1H3. The van der Waals surface area contributed by atoms with Gasteiger partial charge in [0.25, 0.3) is 0 Å². The van der Waals surface area contributed by atoms with Gasteiger partial charge in [-0.3, -0.25) is 4.98 Å². The predicted octanol–water partition coefficient (Wildman–Crippen LogP) is 3.92. The average molecular weight is 397 g/mol. The van der Waals surface area contributed by atoms with Gasteiger partial charge in [0, 0.05) is 12.4 Å². The first kappa shape index (κ1) is 19.9. The second-order valence-corrected chi connectivity index (χ2v) is 8.49. The van der Waals surface area contributed by atoms with Crippen molar-refractivity contribution in [3.63, 3.8) is 0 Å². The van der Waals surface area contributed by atoms with Crippen molar-refractivity contribution in [2.45, 2.75) is 17.7 Å². The van der Waals surface area contributed by atoms with E-state index in [1.165, 1.54) is 5.56 Å². The Kier molecular flexibility index (Phi) is 6.66. The Morgan fingerprint density at radius 1 is 0.893 bits per heavy atom. The van der Waals surface area contributed by atoms with Gasteiger partial charge < -0.3 is 9.47 Å². The number of ether oxygens (including phenoxy) is 2. The summed E-state index contributed by atoms with van der Waals surface area (Å²) in [5.74, 6) is 1.41. The van der Waals surface area contributed by atoms with Gasteiger partial charge >= 0.3 is 0 Å². The van der Waals surface area contributed by atoms with E-state index in [1.54, 1.807) is 37.6 Å². The molecule has 0 atom stereocenters. The molecule has 5 nitrogen and oxygen atoms in total. The van der Waals surface area contributed by atoms with E-state index in [0.29, 0.717) is 23.7 Å². The lowest BCUT2D eigenvalue weighted by molar-refractivity contribution is 0.317. The van der Waals surface area contributed by atoms with Crippen LogP contribution in [0.5, 0.6) is 11.5 Å². The maximum Gasteiger partial charge on any atom is 0.178 e. The van der Waals surface area contributed by atoms with Gasteiger partial charge in [0.1, 0.15) is 11.5 Å². The lowest BCUT2D eigenvalue weighted by Gasteiger charge is -2.08. The average Bonchev–Trinajstić information content (AvgIpc) is 2.73. The molecule has 0 bridgehead atoms. The Labute approximate surface area is 165 Å². The number of pyridine rings is 1. The molecule has 0 saturated carbocycles. The van der Waals surface area contributed by atoms with Gasteiger partial charge in [0.15, 0.2) is 9.84 Å². The fraction of sp³-hybridized carbons (Fsp3) is 0.227. The maximum atomic E-state index is 12.4. The first-order valence-electron chi connectivity index (χ1n) is 9.04. The largest absolute Gasteiger partial charge is 0.497 e. The van der Waals surface area contributed by atoms with Crippen molar-refractivity contribution in [3.8, 4) is 11.5 Å². The quantitative estimate of drug-likeness (QED) is 0.512. The van der Waals surface area contributed by atoms with Crippen molar-refractivity contribution in [2.24, 2.45) is 0 Å². The zero-order valence-corrected chi connectivity index (χ0v) is 16.6. The molecule has 0 amide bonds. The number of sulfone groups is 1. The summed E-state index contributed by atoms with van der Waals surface area (Å²) in [4.78, 5) is 4.42. The van der Waals surface area contributed by atoms with Gasteiger partial charge in [-0.1, -0.05) is 18.2 Å². The fourth-order valence-corrected chi connectivity index (χ4v) is 4.07. The van der Waals surface area contributed by atoms with Crippen LogP contribution >= 0.6 is 0 Å². The molecule has 1 aromatic heterocycles. The summed E-state index contributed by atoms with van der Waals surface area (Å²) in [6, 6.07) is 18.2. The maximum absolute atomic E-state index is 12.4. The van der Waals surface area contributed by atoms with Crippen LogP contribution in [0.15, 0.2) is 78.0 Å². The second-order valence-electron chi connectivity index (χ2n) is 6.38. The fourth-order valence-electron chi connectivity index (χ4n) is 2.78. The molecule has 0 aliphatic carbocycles. The summed E-state index contributed by atoms with van der Waals surface area (Å²) in [6.07, 6.45) is 4.85. The highest BCUT2D eigenvalue weighted by molar-refractivity contribution is 7.91. The van der Waals surface area contributed by atoms with Gasteiger partial charge in [-0.05, 0) is 66.4 Å². The molecule has 0 fully saturated rings. The normalized spacial score (nSPS) is 11.2. The smallest absolute Gasteiger partial charge is 0.178 e. The van der Waals surface area contributed by atoms with Crippen molar-refractivity contribution >= 4 is 9.84 Å². The summed E-state index contributed by atoms with van der Waals surface area (Å²) < 4.78 is 35.5. The highest BCUT2D eigenvalue weighted by Crippen LogP contribution is 2.18. The highest BCUT2D eigenvalue weighted by Gasteiger charge is 2.14. The minimum Gasteiger partial charge on any atom is -0.497 e. The minimum atomic E-state index is -3.32. The van der Waals surface area contributed by atoms with Gasteiger partial charge in [-0.25, -0.2) is 8.42 Å². The van der Waals surface area contributed by atoms with E-state index in [0.717, 1.165) is 17.7 Å². The molecule has 0 N–H and O–H groups in total. The minimum absolute atomic E-state index is 0.0401.